The molecule has 0 aromatic carbocycles. The van der Waals surface area contributed by atoms with E-state index in [1.54, 1.807) is 18.2 Å². The molecule has 0 N–H and O–H groups in total. The van der Waals surface area contributed by atoms with Crippen molar-refractivity contribution in [1.29, 1.82) is 0 Å². The Bertz CT molecular complexity index is 501. The summed E-state index contributed by atoms with van der Waals surface area (Å²) in [4.78, 5) is 3.53. The van der Waals surface area contributed by atoms with Crippen molar-refractivity contribution >= 4 is 0 Å². The van der Waals surface area contributed by atoms with Crippen molar-refractivity contribution in [1.82, 2.24) is 4.98 Å². The lowest BCUT2D eigenvalue weighted by Crippen LogP contribution is -2.08. The van der Waals surface area contributed by atoms with Crippen LogP contribution in [0.5, 0.6) is 0 Å². The van der Waals surface area contributed by atoms with Crippen molar-refractivity contribution in [3.63, 3.8) is 0 Å². The molecule has 102 valence electrons. The Kier molecular flexibility index (Phi) is 5.03. The second-order valence-corrected chi connectivity index (χ2v) is 3.83. The van der Waals surface area contributed by atoms with Gasteiger partial charge >= 0.3 is 6.18 Å². The van der Waals surface area contributed by atoms with Gasteiger partial charge in [-0.25, -0.2) is 4.39 Å². The minimum atomic E-state index is -4.58. The summed E-state index contributed by atoms with van der Waals surface area (Å²) in [5.74, 6) is -0.947. The smallest absolute Gasteiger partial charge is 0.258 e. The monoisotopic (exact) mass is 271 g/mol. The number of alkyl halides is 3. The van der Waals surface area contributed by atoms with Crippen LogP contribution in [0, 0.1) is 5.82 Å². The molecule has 0 amide bonds. The summed E-state index contributed by atoms with van der Waals surface area (Å²) in [6.07, 6.45) is 1.55. The quantitative estimate of drug-likeness (QED) is 0.568. The summed E-state index contributed by atoms with van der Waals surface area (Å²) in [6.45, 7) is 7.10. The third kappa shape index (κ3) is 4.35. The Balaban J connectivity index is 2.84. The fourth-order valence-corrected chi connectivity index (χ4v) is 1.47. The predicted molar refractivity (Wildman–Crippen MR) is 66.0 cm³/mol. The summed E-state index contributed by atoms with van der Waals surface area (Å²) in [5, 5.41) is 0. The van der Waals surface area contributed by atoms with Crippen molar-refractivity contribution in [2.75, 3.05) is 0 Å². The summed E-state index contributed by atoms with van der Waals surface area (Å²) in [6, 6.07) is 0.465. The molecule has 0 spiro atoms. The molecule has 0 aliphatic heterocycles. The molecule has 1 aromatic heterocycles. The summed E-state index contributed by atoms with van der Waals surface area (Å²) in [7, 11) is 0. The van der Waals surface area contributed by atoms with E-state index in [4.69, 9.17) is 0 Å². The molecule has 0 radical (unpaired) electrons. The van der Waals surface area contributed by atoms with Gasteiger partial charge in [-0.1, -0.05) is 31.4 Å². The molecule has 0 saturated heterocycles. The molecular weight excluding hydrogens is 258 g/mol. The van der Waals surface area contributed by atoms with Crippen LogP contribution in [-0.2, 0) is 12.6 Å². The molecule has 1 aromatic rings. The topological polar surface area (TPSA) is 12.9 Å². The summed E-state index contributed by atoms with van der Waals surface area (Å²) < 4.78 is 50.5. The van der Waals surface area contributed by atoms with Crippen LogP contribution < -0.4 is 0 Å². The van der Waals surface area contributed by atoms with Gasteiger partial charge in [0.2, 0.25) is 0 Å². The standard InChI is InChI=1S/C14H13F4N/c1-3-5-10(4-2)6-7-13-12(15)8-11(9-19-13)14(16,17)18/h3-5,8-9H,1-2,6-7H2/b10-5+. The molecule has 0 bridgehead atoms. The highest BCUT2D eigenvalue weighted by atomic mass is 19.4. The molecular formula is C14H13F4N. The first kappa shape index (κ1) is 15.1. The molecule has 0 fully saturated rings. The zero-order chi connectivity index (χ0) is 14.5. The second kappa shape index (κ2) is 6.31. The molecule has 0 saturated carbocycles. The number of aryl methyl sites for hydroxylation is 1. The van der Waals surface area contributed by atoms with Crippen LogP contribution in [0.25, 0.3) is 0 Å². The Morgan fingerprint density at radius 3 is 2.47 bits per heavy atom. The predicted octanol–water partition coefficient (Wildman–Crippen LogP) is 4.47. The third-order valence-corrected chi connectivity index (χ3v) is 2.49. The van der Waals surface area contributed by atoms with E-state index >= 15 is 0 Å². The van der Waals surface area contributed by atoms with Crippen molar-refractivity contribution in [3.05, 3.63) is 66.3 Å². The van der Waals surface area contributed by atoms with Gasteiger partial charge in [0.05, 0.1) is 11.3 Å². The number of allylic oxidation sites excluding steroid dienone is 4. The minimum Gasteiger partial charge on any atom is -0.258 e. The summed E-state index contributed by atoms with van der Waals surface area (Å²) in [5.41, 5.74) is -0.264. The number of pyridine rings is 1. The van der Waals surface area contributed by atoms with Crippen LogP contribution in [-0.4, -0.2) is 4.98 Å². The average molecular weight is 271 g/mol. The van der Waals surface area contributed by atoms with E-state index in [1.807, 2.05) is 0 Å². The highest BCUT2D eigenvalue weighted by Gasteiger charge is 2.31. The lowest BCUT2D eigenvalue weighted by atomic mass is 10.1. The van der Waals surface area contributed by atoms with Crippen molar-refractivity contribution in [2.24, 2.45) is 0 Å². The van der Waals surface area contributed by atoms with Gasteiger partial charge in [0.1, 0.15) is 5.82 Å². The molecule has 19 heavy (non-hydrogen) atoms. The van der Waals surface area contributed by atoms with E-state index in [1.165, 1.54) is 0 Å². The van der Waals surface area contributed by atoms with Crippen LogP contribution in [0.15, 0.2) is 49.2 Å². The normalized spacial score (nSPS) is 12.3. The second-order valence-electron chi connectivity index (χ2n) is 3.83. The highest BCUT2D eigenvalue weighted by molar-refractivity contribution is 5.24. The summed E-state index contributed by atoms with van der Waals surface area (Å²) >= 11 is 0. The zero-order valence-corrected chi connectivity index (χ0v) is 10.2. The minimum absolute atomic E-state index is 0.00446. The molecule has 1 nitrogen and oxygen atoms in total. The highest BCUT2D eigenvalue weighted by Crippen LogP contribution is 2.29. The van der Waals surface area contributed by atoms with Crippen molar-refractivity contribution in [3.8, 4) is 0 Å². The maximum atomic E-state index is 13.5. The van der Waals surface area contributed by atoms with E-state index in [-0.39, 0.29) is 12.1 Å². The van der Waals surface area contributed by atoms with Gasteiger partial charge in [0.15, 0.2) is 0 Å². The number of aromatic nitrogens is 1. The maximum absolute atomic E-state index is 13.5. The van der Waals surface area contributed by atoms with Crippen LogP contribution in [0.2, 0.25) is 0 Å². The van der Waals surface area contributed by atoms with Crippen molar-refractivity contribution < 1.29 is 17.6 Å². The van der Waals surface area contributed by atoms with Crippen molar-refractivity contribution in [2.45, 2.75) is 19.0 Å². The first-order valence-electron chi connectivity index (χ1n) is 5.54. The van der Waals surface area contributed by atoms with Gasteiger partial charge in [-0.15, -0.1) is 0 Å². The van der Waals surface area contributed by atoms with E-state index in [9.17, 15) is 17.6 Å². The van der Waals surface area contributed by atoms with E-state index in [0.717, 1.165) is 5.57 Å². The van der Waals surface area contributed by atoms with Gasteiger partial charge in [-0.3, -0.25) is 4.98 Å². The number of nitrogens with zero attached hydrogens (tertiary/aromatic N) is 1. The fourth-order valence-electron chi connectivity index (χ4n) is 1.47. The Hall–Kier alpha value is -1.91. The largest absolute Gasteiger partial charge is 0.417 e. The first-order valence-corrected chi connectivity index (χ1v) is 5.54. The average Bonchev–Trinajstić information content (AvgIpc) is 2.34. The Labute approximate surface area is 109 Å². The van der Waals surface area contributed by atoms with Gasteiger partial charge in [0, 0.05) is 6.20 Å². The van der Waals surface area contributed by atoms with Gasteiger partial charge in [-0.05, 0) is 24.5 Å². The maximum Gasteiger partial charge on any atom is 0.417 e. The number of rotatable bonds is 5. The molecule has 0 unspecified atom stereocenters. The number of hydrogen-bond donors (Lipinski definition) is 0. The molecule has 0 aliphatic rings. The van der Waals surface area contributed by atoms with Crippen LogP contribution in [0.3, 0.4) is 0 Å². The van der Waals surface area contributed by atoms with E-state index < -0.39 is 17.6 Å². The first-order chi connectivity index (χ1) is 8.88. The Morgan fingerprint density at radius 2 is 2.00 bits per heavy atom. The zero-order valence-electron chi connectivity index (χ0n) is 10.2. The van der Waals surface area contributed by atoms with Gasteiger partial charge < -0.3 is 0 Å². The lowest BCUT2D eigenvalue weighted by molar-refractivity contribution is -0.138. The van der Waals surface area contributed by atoms with Gasteiger partial charge in [-0.2, -0.15) is 13.2 Å². The van der Waals surface area contributed by atoms with Gasteiger partial charge in [0.25, 0.3) is 0 Å². The molecule has 1 rings (SSSR count). The number of hydrogen-bond acceptors (Lipinski definition) is 1. The fraction of sp³-hybridized carbons (Fsp3) is 0.214. The van der Waals surface area contributed by atoms with Crippen LogP contribution >= 0.6 is 0 Å². The third-order valence-electron chi connectivity index (χ3n) is 2.49. The Morgan fingerprint density at radius 1 is 1.32 bits per heavy atom. The molecule has 0 aliphatic carbocycles. The van der Waals surface area contributed by atoms with E-state index in [0.29, 0.717) is 18.7 Å². The molecule has 0 atom stereocenters. The van der Waals surface area contributed by atoms with Crippen LogP contribution in [0.1, 0.15) is 17.7 Å². The SMILES string of the molecule is C=C/C=C(\C=C)CCc1ncc(C(F)(F)F)cc1F. The molecule has 1 heterocycles. The number of halogens is 4. The lowest BCUT2D eigenvalue weighted by Gasteiger charge is -2.08. The van der Waals surface area contributed by atoms with E-state index in [2.05, 4.69) is 18.1 Å². The van der Waals surface area contributed by atoms with Crippen LogP contribution in [0.4, 0.5) is 17.6 Å². The molecule has 5 heteroatoms.